The molecule has 21 heavy (non-hydrogen) atoms. The molecule has 2 heterocycles. The third kappa shape index (κ3) is 3.94. The van der Waals surface area contributed by atoms with Crippen LogP contribution < -0.4 is 5.32 Å². The molecule has 0 aliphatic carbocycles. The Kier molecular flexibility index (Phi) is 4.92. The van der Waals surface area contributed by atoms with Gasteiger partial charge >= 0.3 is 0 Å². The van der Waals surface area contributed by atoms with E-state index in [1.54, 1.807) is 6.92 Å². The Bertz CT molecular complexity index is 487. The van der Waals surface area contributed by atoms with E-state index >= 15 is 0 Å². The van der Waals surface area contributed by atoms with Crippen LogP contribution in [-0.4, -0.2) is 67.9 Å². The number of ether oxygens (including phenoxy) is 1. The molecule has 2 unspecified atom stereocenters. The number of sulfonamides is 1. The van der Waals surface area contributed by atoms with Gasteiger partial charge in [-0.1, -0.05) is 0 Å². The van der Waals surface area contributed by atoms with Crippen molar-refractivity contribution in [2.75, 3.05) is 32.5 Å². The Morgan fingerprint density at radius 3 is 2.52 bits per heavy atom. The van der Waals surface area contributed by atoms with Crippen molar-refractivity contribution in [1.82, 2.24) is 9.62 Å². The molecule has 7 nitrogen and oxygen atoms in total. The highest BCUT2D eigenvalue weighted by Crippen LogP contribution is 2.25. The number of nitrogens with one attached hydrogen (secondary N) is 1. The number of rotatable bonds is 4. The molecule has 0 aromatic carbocycles. The first-order valence-electron chi connectivity index (χ1n) is 7.29. The lowest BCUT2D eigenvalue weighted by molar-refractivity contribution is -0.127. The molecule has 8 heteroatoms. The lowest BCUT2D eigenvalue weighted by Crippen LogP contribution is -2.50. The Labute approximate surface area is 125 Å². The van der Waals surface area contributed by atoms with Crippen LogP contribution in [0, 0.1) is 5.92 Å². The molecular weight excluding hydrogens is 296 g/mol. The van der Waals surface area contributed by atoms with Gasteiger partial charge in [0.05, 0.1) is 12.4 Å². The summed E-state index contributed by atoms with van der Waals surface area (Å²) in [6.45, 7) is 3.23. The first-order chi connectivity index (χ1) is 9.72. The highest BCUT2D eigenvalue weighted by Gasteiger charge is 2.40. The molecule has 0 spiro atoms. The van der Waals surface area contributed by atoms with Crippen LogP contribution in [0.15, 0.2) is 0 Å². The third-order valence-corrected chi connectivity index (χ3v) is 5.83. The standard InChI is InChI=1S/C13H24N2O5S/c1-10-13(17,5-8-20-10)9-14-12(16)11-3-6-15(7-4-11)21(2,18)19/h10-11,17H,3-9H2,1-2H3,(H,14,16). The van der Waals surface area contributed by atoms with Gasteiger partial charge in [-0.05, 0) is 19.8 Å². The topological polar surface area (TPSA) is 95.9 Å². The van der Waals surface area contributed by atoms with Gasteiger partial charge in [0.15, 0.2) is 0 Å². The Hall–Kier alpha value is -0.700. The number of carbonyl (C=O) groups is 1. The van der Waals surface area contributed by atoms with Crippen LogP contribution in [0.4, 0.5) is 0 Å². The fourth-order valence-corrected chi connectivity index (χ4v) is 3.71. The van der Waals surface area contributed by atoms with E-state index in [1.165, 1.54) is 10.6 Å². The van der Waals surface area contributed by atoms with E-state index in [0.717, 1.165) is 0 Å². The highest BCUT2D eigenvalue weighted by atomic mass is 32.2. The van der Waals surface area contributed by atoms with Gasteiger partial charge < -0.3 is 15.2 Å². The average molecular weight is 320 g/mol. The second-order valence-corrected chi connectivity index (χ2v) is 8.00. The molecule has 2 fully saturated rings. The van der Waals surface area contributed by atoms with Crippen LogP contribution in [0.1, 0.15) is 26.2 Å². The zero-order valence-electron chi connectivity index (χ0n) is 12.5. The van der Waals surface area contributed by atoms with E-state index in [9.17, 15) is 18.3 Å². The zero-order valence-corrected chi connectivity index (χ0v) is 13.4. The predicted octanol–water partition coefficient (Wildman–Crippen LogP) is -0.686. The summed E-state index contributed by atoms with van der Waals surface area (Å²) in [6.07, 6.45) is 2.45. The molecule has 2 rings (SSSR count). The number of hydrogen-bond donors (Lipinski definition) is 2. The fraction of sp³-hybridized carbons (Fsp3) is 0.923. The van der Waals surface area contributed by atoms with E-state index in [4.69, 9.17) is 4.74 Å². The summed E-state index contributed by atoms with van der Waals surface area (Å²) in [5.74, 6) is -0.306. The minimum absolute atomic E-state index is 0.115. The van der Waals surface area contributed by atoms with Crippen molar-refractivity contribution in [3.8, 4) is 0 Å². The molecule has 0 radical (unpaired) electrons. The van der Waals surface area contributed by atoms with Crippen LogP contribution in [0.5, 0.6) is 0 Å². The van der Waals surface area contributed by atoms with Gasteiger partial charge in [0.2, 0.25) is 15.9 Å². The number of aliphatic hydroxyl groups is 1. The number of nitrogens with zero attached hydrogens (tertiary/aromatic N) is 1. The zero-order chi connectivity index (χ0) is 15.7. The minimum Gasteiger partial charge on any atom is -0.385 e. The molecule has 0 saturated carbocycles. The summed E-state index contributed by atoms with van der Waals surface area (Å²) in [4.78, 5) is 12.1. The normalized spacial score (nSPS) is 32.2. The maximum atomic E-state index is 12.1. The number of carbonyl (C=O) groups excluding carboxylic acids is 1. The maximum absolute atomic E-state index is 12.1. The molecule has 122 valence electrons. The molecular formula is C13H24N2O5S. The lowest BCUT2D eigenvalue weighted by Gasteiger charge is -2.31. The molecule has 2 aliphatic heterocycles. The number of hydrogen-bond acceptors (Lipinski definition) is 5. The first kappa shape index (κ1) is 16.7. The van der Waals surface area contributed by atoms with Gasteiger partial charge in [-0.3, -0.25) is 4.79 Å². The average Bonchev–Trinajstić information content (AvgIpc) is 2.76. The second kappa shape index (κ2) is 6.20. The van der Waals surface area contributed by atoms with Gasteiger partial charge in [-0.2, -0.15) is 0 Å². The van der Waals surface area contributed by atoms with E-state index in [-0.39, 0.29) is 24.5 Å². The maximum Gasteiger partial charge on any atom is 0.223 e. The van der Waals surface area contributed by atoms with Crippen molar-refractivity contribution in [3.05, 3.63) is 0 Å². The molecule has 2 saturated heterocycles. The largest absolute Gasteiger partial charge is 0.385 e. The van der Waals surface area contributed by atoms with Crippen molar-refractivity contribution >= 4 is 15.9 Å². The first-order valence-corrected chi connectivity index (χ1v) is 9.14. The van der Waals surface area contributed by atoms with Gasteiger partial charge in [-0.25, -0.2) is 12.7 Å². The number of piperidine rings is 1. The molecule has 0 aromatic rings. The summed E-state index contributed by atoms with van der Waals surface area (Å²) >= 11 is 0. The Morgan fingerprint density at radius 2 is 2.05 bits per heavy atom. The summed E-state index contributed by atoms with van der Waals surface area (Å²) < 4.78 is 29.6. The van der Waals surface area contributed by atoms with Crippen LogP contribution in [0.3, 0.4) is 0 Å². The van der Waals surface area contributed by atoms with Crippen molar-refractivity contribution in [1.29, 1.82) is 0 Å². The second-order valence-electron chi connectivity index (χ2n) is 6.02. The summed E-state index contributed by atoms with van der Waals surface area (Å²) in [7, 11) is -3.17. The van der Waals surface area contributed by atoms with E-state index < -0.39 is 15.6 Å². The van der Waals surface area contributed by atoms with Crippen molar-refractivity contribution < 1.29 is 23.1 Å². The van der Waals surface area contributed by atoms with Gasteiger partial charge in [-0.15, -0.1) is 0 Å². The molecule has 2 atom stereocenters. The van der Waals surface area contributed by atoms with Gasteiger partial charge in [0.25, 0.3) is 0 Å². The summed E-state index contributed by atoms with van der Waals surface area (Å²) in [5, 5.41) is 13.1. The molecule has 2 N–H and O–H groups in total. The minimum atomic E-state index is -3.17. The lowest BCUT2D eigenvalue weighted by atomic mass is 9.94. The van der Waals surface area contributed by atoms with Gasteiger partial charge in [0, 0.05) is 38.6 Å². The van der Waals surface area contributed by atoms with Crippen molar-refractivity contribution in [2.24, 2.45) is 5.92 Å². The van der Waals surface area contributed by atoms with Crippen molar-refractivity contribution in [2.45, 2.75) is 37.9 Å². The monoisotopic (exact) mass is 320 g/mol. The Balaban J connectivity index is 1.80. The van der Waals surface area contributed by atoms with Crippen molar-refractivity contribution in [3.63, 3.8) is 0 Å². The summed E-state index contributed by atoms with van der Waals surface area (Å²) in [5.41, 5.74) is -0.997. The SMILES string of the molecule is CC1OCCC1(O)CNC(=O)C1CCN(S(C)(=O)=O)CC1. The Morgan fingerprint density at radius 1 is 1.43 bits per heavy atom. The van der Waals surface area contributed by atoms with E-state index in [2.05, 4.69) is 5.32 Å². The molecule has 0 bridgehead atoms. The van der Waals surface area contributed by atoms with Crippen LogP contribution in [-0.2, 0) is 19.6 Å². The quantitative estimate of drug-likeness (QED) is 0.715. The van der Waals surface area contributed by atoms with Gasteiger partial charge in [0.1, 0.15) is 5.60 Å². The van der Waals surface area contributed by atoms with E-state index in [0.29, 0.717) is 39.0 Å². The highest BCUT2D eigenvalue weighted by molar-refractivity contribution is 7.88. The molecule has 1 amide bonds. The fourth-order valence-electron chi connectivity index (χ4n) is 2.84. The molecule has 0 aromatic heterocycles. The van der Waals surface area contributed by atoms with Crippen LogP contribution >= 0.6 is 0 Å². The van der Waals surface area contributed by atoms with Crippen LogP contribution in [0.2, 0.25) is 0 Å². The summed E-state index contributed by atoms with van der Waals surface area (Å²) in [6, 6.07) is 0. The van der Waals surface area contributed by atoms with Crippen LogP contribution in [0.25, 0.3) is 0 Å². The molecule has 2 aliphatic rings. The smallest absolute Gasteiger partial charge is 0.223 e. The number of amides is 1. The predicted molar refractivity (Wildman–Crippen MR) is 77.1 cm³/mol. The third-order valence-electron chi connectivity index (χ3n) is 4.52. The van der Waals surface area contributed by atoms with E-state index in [1.807, 2.05) is 0 Å².